The summed E-state index contributed by atoms with van der Waals surface area (Å²) in [5.74, 6) is -5.90. The molecule has 0 amide bonds. The molecule has 0 saturated heterocycles. The van der Waals surface area contributed by atoms with Gasteiger partial charge in [-0.05, 0) is 0 Å². The van der Waals surface area contributed by atoms with E-state index in [0.717, 1.165) is 12.3 Å². The van der Waals surface area contributed by atoms with Gasteiger partial charge in [0.05, 0.1) is 4.92 Å². The molecule has 0 spiro atoms. The van der Waals surface area contributed by atoms with Crippen molar-refractivity contribution in [2.45, 2.75) is 12.3 Å². The van der Waals surface area contributed by atoms with Gasteiger partial charge in [0, 0.05) is 17.8 Å². The van der Waals surface area contributed by atoms with Crippen molar-refractivity contribution in [3.05, 3.63) is 27.9 Å². The van der Waals surface area contributed by atoms with Crippen LogP contribution < -0.4 is 10.5 Å². The van der Waals surface area contributed by atoms with Crippen LogP contribution in [0.25, 0.3) is 0 Å². The number of nitro groups is 1. The maximum Gasteiger partial charge on any atom is 0.340 e. The first-order chi connectivity index (χ1) is 9.69. The van der Waals surface area contributed by atoms with Crippen LogP contribution in [0.1, 0.15) is 5.56 Å². The number of amidine groups is 1. The van der Waals surface area contributed by atoms with E-state index < -0.39 is 41.3 Å². The minimum absolute atomic E-state index is 0.183. The zero-order chi connectivity index (χ0) is 16.2. The number of aromatic nitrogens is 1. The quantitative estimate of drug-likeness (QED) is 0.204. The molecule has 0 aromatic carbocycles. The highest BCUT2D eigenvalue weighted by atomic mass is 19.3. The van der Waals surface area contributed by atoms with Crippen LogP contribution in [0.15, 0.2) is 17.4 Å². The molecule has 0 aliphatic carbocycles. The highest BCUT2D eigenvalue weighted by Crippen LogP contribution is 2.28. The molecule has 21 heavy (non-hydrogen) atoms. The summed E-state index contributed by atoms with van der Waals surface area (Å²) in [4.78, 5) is 13.0. The van der Waals surface area contributed by atoms with Crippen LogP contribution in [-0.4, -0.2) is 39.9 Å². The SMILES string of the molecule is NC(=NO)c1cnc(OCC(F)(F)C(F)F)c([N+](=O)[O-])c1. The lowest BCUT2D eigenvalue weighted by Crippen LogP contribution is -2.34. The van der Waals surface area contributed by atoms with E-state index in [2.05, 4.69) is 14.9 Å². The molecule has 0 unspecified atom stereocenters. The molecule has 1 heterocycles. The Hall–Kier alpha value is -2.66. The average molecular weight is 312 g/mol. The van der Waals surface area contributed by atoms with Gasteiger partial charge >= 0.3 is 18.0 Å². The summed E-state index contributed by atoms with van der Waals surface area (Å²) < 4.78 is 53.5. The van der Waals surface area contributed by atoms with E-state index in [1.807, 2.05) is 0 Å². The standard InChI is InChI=1S/C9H8F4N4O4/c10-8(11)9(12,13)3-21-7-5(17(19)20)1-4(2-15-7)6(14)16-18/h1-2,8,18H,3H2,(H2,14,16). The third-order valence-electron chi connectivity index (χ3n) is 2.15. The first-order valence-electron chi connectivity index (χ1n) is 5.10. The van der Waals surface area contributed by atoms with E-state index in [4.69, 9.17) is 10.9 Å². The fraction of sp³-hybridized carbons (Fsp3) is 0.333. The summed E-state index contributed by atoms with van der Waals surface area (Å²) in [7, 11) is 0. The third kappa shape index (κ3) is 3.90. The number of halogens is 4. The van der Waals surface area contributed by atoms with Gasteiger partial charge in [0.2, 0.25) is 0 Å². The summed E-state index contributed by atoms with van der Waals surface area (Å²) in [5.41, 5.74) is 4.09. The number of nitrogens with two attached hydrogens (primary N) is 1. The molecule has 0 atom stereocenters. The average Bonchev–Trinajstić information content (AvgIpc) is 2.43. The van der Waals surface area contributed by atoms with Crippen molar-refractivity contribution in [1.29, 1.82) is 0 Å². The number of rotatable bonds is 6. The van der Waals surface area contributed by atoms with E-state index >= 15 is 0 Å². The molecular formula is C9H8F4N4O4. The lowest BCUT2D eigenvalue weighted by atomic mass is 10.2. The van der Waals surface area contributed by atoms with Gasteiger partial charge in [-0.15, -0.1) is 0 Å². The van der Waals surface area contributed by atoms with Gasteiger partial charge in [0.25, 0.3) is 5.88 Å². The lowest BCUT2D eigenvalue weighted by Gasteiger charge is -2.15. The first-order valence-corrected chi connectivity index (χ1v) is 5.10. The van der Waals surface area contributed by atoms with Gasteiger partial charge in [0.15, 0.2) is 12.4 Å². The Kier molecular flexibility index (Phi) is 4.84. The largest absolute Gasteiger partial charge is 0.466 e. The van der Waals surface area contributed by atoms with Crippen molar-refractivity contribution >= 4 is 11.5 Å². The van der Waals surface area contributed by atoms with E-state index in [1.165, 1.54) is 0 Å². The zero-order valence-electron chi connectivity index (χ0n) is 10.0. The third-order valence-corrected chi connectivity index (χ3v) is 2.15. The van der Waals surface area contributed by atoms with E-state index in [0.29, 0.717) is 0 Å². The molecule has 1 aromatic rings. The molecule has 0 radical (unpaired) electrons. The Morgan fingerprint density at radius 3 is 2.71 bits per heavy atom. The molecular weight excluding hydrogens is 304 g/mol. The van der Waals surface area contributed by atoms with Gasteiger partial charge in [-0.3, -0.25) is 10.1 Å². The predicted octanol–water partition coefficient (Wildman–Crippen LogP) is 1.36. The molecule has 0 bridgehead atoms. The predicted molar refractivity (Wildman–Crippen MR) is 59.8 cm³/mol. The van der Waals surface area contributed by atoms with Crippen molar-refractivity contribution < 1.29 is 32.4 Å². The van der Waals surface area contributed by atoms with Crippen LogP contribution in [0.4, 0.5) is 23.2 Å². The zero-order valence-corrected chi connectivity index (χ0v) is 10.0. The maximum absolute atomic E-state index is 12.7. The molecule has 3 N–H and O–H groups in total. The first kappa shape index (κ1) is 16.4. The second-order valence-electron chi connectivity index (χ2n) is 3.64. The number of nitrogens with zero attached hydrogens (tertiary/aromatic N) is 3. The van der Waals surface area contributed by atoms with Crippen LogP contribution in [0.5, 0.6) is 5.88 Å². The Balaban J connectivity index is 3.06. The Bertz CT molecular complexity index is 567. The van der Waals surface area contributed by atoms with E-state index in [-0.39, 0.29) is 5.56 Å². The molecule has 1 aromatic heterocycles. The Morgan fingerprint density at radius 1 is 1.62 bits per heavy atom. The van der Waals surface area contributed by atoms with Crippen LogP contribution in [0.3, 0.4) is 0 Å². The highest BCUT2D eigenvalue weighted by molar-refractivity contribution is 5.97. The number of alkyl halides is 4. The lowest BCUT2D eigenvalue weighted by molar-refractivity contribution is -0.386. The maximum atomic E-state index is 12.7. The molecule has 116 valence electrons. The van der Waals surface area contributed by atoms with Gasteiger partial charge in [0.1, 0.15) is 0 Å². The molecule has 0 aliphatic heterocycles. The minimum atomic E-state index is -4.49. The van der Waals surface area contributed by atoms with Crippen LogP contribution in [0.2, 0.25) is 0 Å². The van der Waals surface area contributed by atoms with Crippen molar-refractivity contribution in [1.82, 2.24) is 4.98 Å². The topological polar surface area (TPSA) is 124 Å². The summed E-state index contributed by atoms with van der Waals surface area (Å²) in [6, 6.07) is 0.734. The van der Waals surface area contributed by atoms with Gasteiger partial charge in [-0.2, -0.15) is 8.78 Å². The van der Waals surface area contributed by atoms with Gasteiger partial charge in [-0.25, -0.2) is 13.8 Å². The molecule has 1 rings (SSSR count). The monoisotopic (exact) mass is 312 g/mol. The van der Waals surface area contributed by atoms with Crippen molar-refractivity contribution in [2.24, 2.45) is 10.9 Å². The number of oxime groups is 1. The van der Waals surface area contributed by atoms with E-state index in [9.17, 15) is 27.7 Å². The number of pyridine rings is 1. The molecule has 12 heteroatoms. The molecule has 0 fully saturated rings. The summed E-state index contributed by atoms with van der Waals surface area (Å²) in [6.07, 6.45) is -3.16. The van der Waals surface area contributed by atoms with Crippen molar-refractivity contribution in [3.8, 4) is 5.88 Å². The second-order valence-corrected chi connectivity index (χ2v) is 3.64. The molecule has 0 saturated carbocycles. The van der Waals surface area contributed by atoms with Crippen molar-refractivity contribution in [3.63, 3.8) is 0 Å². The molecule has 0 aliphatic rings. The molecule has 8 nitrogen and oxygen atoms in total. The fourth-order valence-corrected chi connectivity index (χ4v) is 1.11. The highest BCUT2D eigenvalue weighted by Gasteiger charge is 2.42. The smallest absolute Gasteiger partial charge is 0.340 e. The summed E-state index contributed by atoms with van der Waals surface area (Å²) in [5, 5.41) is 21.7. The Labute approximate surface area is 114 Å². The minimum Gasteiger partial charge on any atom is -0.466 e. The second kappa shape index (κ2) is 6.19. The van der Waals surface area contributed by atoms with Crippen molar-refractivity contribution in [2.75, 3.05) is 6.61 Å². The van der Waals surface area contributed by atoms with Gasteiger partial charge in [-0.1, -0.05) is 5.16 Å². The number of hydrogen-bond acceptors (Lipinski definition) is 6. The number of hydrogen-bond donors (Lipinski definition) is 2. The van der Waals surface area contributed by atoms with Crippen LogP contribution >= 0.6 is 0 Å². The van der Waals surface area contributed by atoms with Gasteiger partial charge < -0.3 is 15.7 Å². The van der Waals surface area contributed by atoms with E-state index in [1.54, 1.807) is 0 Å². The van der Waals surface area contributed by atoms with Crippen LogP contribution in [-0.2, 0) is 0 Å². The number of ether oxygens (including phenoxy) is 1. The Morgan fingerprint density at radius 2 is 2.24 bits per heavy atom. The fourth-order valence-electron chi connectivity index (χ4n) is 1.11. The summed E-state index contributed by atoms with van der Waals surface area (Å²) >= 11 is 0. The normalized spacial score (nSPS) is 12.5. The summed E-state index contributed by atoms with van der Waals surface area (Å²) in [6.45, 7) is -1.79. The van der Waals surface area contributed by atoms with Crippen LogP contribution in [0, 0.1) is 10.1 Å².